The maximum absolute atomic E-state index is 12.6. The van der Waals surface area contributed by atoms with Crippen molar-refractivity contribution in [3.8, 4) is 11.5 Å². The maximum Gasteiger partial charge on any atom is 0.331 e. The van der Waals surface area contributed by atoms with Crippen LogP contribution in [0.25, 0.3) is 6.08 Å². The summed E-state index contributed by atoms with van der Waals surface area (Å²) in [5.74, 6) is -0.317. The van der Waals surface area contributed by atoms with Gasteiger partial charge >= 0.3 is 5.97 Å². The fourth-order valence-corrected chi connectivity index (χ4v) is 4.54. The summed E-state index contributed by atoms with van der Waals surface area (Å²) in [6.45, 7) is 0.864. The van der Waals surface area contributed by atoms with Gasteiger partial charge in [-0.1, -0.05) is 12.1 Å². The molecule has 1 saturated heterocycles. The van der Waals surface area contributed by atoms with Crippen LogP contribution in [-0.4, -0.2) is 71.7 Å². The molecule has 0 aliphatic carbocycles. The van der Waals surface area contributed by atoms with Crippen LogP contribution in [0.4, 0.5) is 5.69 Å². The Bertz CT molecular complexity index is 1140. The predicted octanol–water partition coefficient (Wildman–Crippen LogP) is 1.92. The number of methoxy groups -OCH3 is 2. The van der Waals surface area contributed by atoms with Crippen molar-refractivity contribution in [2.24, 2.45) is 0 Å². The van der Waals surface area contributed by atoms with Gasteiger partial charge in [0, 0.05) is 25.2 Å². The smallest absolute Gasteiger partial charge is 0.331 e. The van der Waals surface area contributed by atoms with Crippen molar-refractivity contribution in [1.29, 1.82) is 0 Å². The van der Waals surface area contributed by atoms with Crippen molar-refractivity contribution in [2.45, 2.75) is 4.90 Å². The fourth-order valence-electron chi connectivity index (χ4n) is 3.13. The number of carbonyl (C=O) groups excluding carboxylic acids is 2. The molecule has 0 bridgehead atoms. The van der Waals surface area contributed by atoms with E-state index in [4.69, 9.17) is 18.9 Å². The monoisotopic (exact) mass is 490 g/mol. The van der Waals surface area contributed by atoms with E-state index in [1.807, 2.05) is 0 Å². The molecular weight excluding hydrogens is 464 g/mol. The third kappa shape index (κ3) is 6.56. The average molecular weight is 491 g/mol. The van der Waals surface area contributed by atoms with Crippen molar-refractivity contribution in [3.63, 3.8) is 0 Å². The number of benzene rings is 2. The first-order valence-electron chi connectivity index (χ1n) is 10.4. The Hall–Kier alpha value is -3.41. The summed E-state index contributed by atoms with van der Waals surface area (Å²) in [4.78, 5) is 24.3. The molecule has 2 aromatic carbocycles. The summed E-state index contributed by atoms with van der Waals surface area (Å²) < 4.78 is 47.1. The molecule has 1 aliphatic rings. The number of morpholine rings is 1. The molecule has 0 radical (unpaired) electrons. The highest BCUT2D eigenvalue weighted by molar-refractivity contribution is 7.89. The van der Waals surface area contributed by atoms with Crippen LogP contribution in [0.1, 0.15) is 5.56 Å². The summed E-state index contributed by atoms with van der Waals surface area (Å²) in [5, 5.41) is 2.60. The Morgan fingerprint density at radius 1 is 1.06 bits per heavy atom. The summed E-state index contributed by atoms with van der Waals surface area (Å²) in [5.41, 5.74) is 0.981. The van der Waals surface area contributed by atoms with Crippen LogP contribution in [0.15, 0.2) is 53.4 Å². The molecule has 11 heteroatoms. The molecule has 34 heavy (non-hydrogen) atoms. The molecule has 0 atom stereocenters. The lowest BCUT2D eigenvalue weighted by Gasteiger charge is -2.26. The molecule has 1 amide bonds. The van der Waals surface area contributed by atoms with Gasteiger partial charge in [0.05, 0.1) is 38.0 Å². The van der Waals surface area contributed by atoms with Gasteiger partial charge in [0.1, 0.15) is 11.5 Å². The van der Waals surface area contributed by atoms with Gasteiger partial charge in [-0.25, -0.2) is 13.2 Å². The van der Waals surface area contributed by atoms with Crippen LogP contribution in [-0.2, 0) is 29.1 Å². The molecule has 1 fully saturated rings. The van der Waals surface area contributed by atoms with Crippen molar-refractivity contribution >= 4 is 33.7 Å². The second-order valence-electron chi connectivity index (χ2n) is 7.14. The SMILES string of the molecule is COc1ccc(OC)c(NC(=O)COC(=O)/C=C/c2ccc(S(=O)(=O)N3CCOCC3)cc2)c1. The van der Waals surface area contributed by atoms with E-state index in [1.54, 1.807) is 30.3 Å². The van der Waals surface area contributed by atoms with E-state index in [0.717, 1.165) is 6.08 Å². The van der Waals surface area contributed by atoms with Gasteiger partial charge in [0.25, 0.3) is 5.91 Å². The minimum Gasteiger partial charge on any atom is -0.497 e. The molecule has 182 valence electrons. The molecule has 0 saturated carbocycles. The molecule has 2 aromatic rings. The van der Waals surface area contributed by atoms with Crippen LogP contribution in [0.5, 0.6) is 11.5 Å². The summed E-state index contributed by atoms with van der Waals surface area (Å²) in [7, 11) is -0.624. The number of rotatable bonds is 9. The summed E-state index contributed by atoms with van der Waals surface area (Å²) >= 11 is 0. The quantitative estimate of drug-likeness (QED) is 0.418. The van der Waals surface area contributed by atoms with Crippen molar-refractivity contribution in [3.05, 3.63) is 54.1 Å². The van der Waals surface area contributed by atoms with E-state index in [-0.39, 0.29) is 4.90 Å². The Labute approximate surface area is 198 Å². The molecule has 1 heterocycles. The Morgan fingerprint density at radius 2 is 1.76 bits per heavy atom. The molecule has 1 aliphatic heterocycles. The number of esters is 1. The van der Waals surface area contributed by atoms with Gasteiger partial charge in [0.15, 0.2) is 6.61 Å². The first-order chi connectivity index (χ1) is 16.3. The van der Waals surface area contributed by atoms with Crippen LogP contribution in [0.2, 0.25) is 0 Å². The zero-order valence-corrected chi connectivity index (χ0v) is 19.7. The molecular formula is C23H26N2O8S. The lowest BCUT2D eigenvalue weighted by molar-refractivity contribution is -0.142. The van der Waals surface area contributed by atoms with E-state index in [2.05, 4.69) is 5.32 Å². The van der Waals surface area contributed by atoms with Crippen LogP contribution < -0.4 is 14.8 Å². The van der Waals surface area contributed by atoms with E-state index in [1.165, 1.54) is 36.7 Å². The minimum atomic E-state index is -3.59. The third-order valence-corrected chi connectivity index (χ3v) is 6.84. The van der Waals surface area contributed by atoms with Crippen molar-refractivity contribution in [2.75, 3.05) is 52.4 Å². The molecule has 0 aromatic heterocycles. The van der Waals surface area contributed by atoms with Crippen LogP contribution >= 0.6 is 0 Å². The molecule has 0 spiro atoms. The van der Waals surface area contributed by atoms with E-state index >= 15 is 0 Å². The van der Waals surface area contributed by atoms with Crippen LogP contribution in [0.3, 0.4) is 0 Å². The van der Waals surface area contributed by atoms with Crippen LogP contribution in [0, 0.1) is 0 Å². The average Bonchev–Trinajstić information content (AvgIpc) is 2.87. The standard InChI is InChI=1S/C23H26N2O8S/c1-30-18-6-9-21(31-2)20(15-18)24-22(26)16-33-23(27)10-5-17-3-7-19(8-4-17)34(28,29)25-11-13-32-14-12-25/h3-10,15H,11-14,16H2,1-2H3,(H,24,26)/b10-5+. The van der Waals surface area contributed by atoms with Gasteiger partial charge in [0.2, 0.25) is 10.0 Å². The number of hydrogen-bond donors (Lipinski definition) is 1. The highest BCUT2D eigenvalue weighted by Crippen LogP contribution is 2.28. The minimum absolute atomic E-state index is 0.166. The number of anilines is 1. The second kappa shape index (κ2) is 11.6. The first-order valence-corrected chi connectivity index (χ1v) is 11.8. The predicted molar refractivity (Wildman–Crippen MR) is 124 cm³/mol. The number of nitrogens with zero attached hydrogens (tertiary/aromatic N) is 1. The number of hydrogen-bond acceptors (Lipinski definition) is 8. The van der Waals surface area contributed by atoms with E-state index in [0.29, 0.717) is 49.1 Å². The highest BCUT2D eigenvalue weighted by Gasteiger charge is 2.26. The lowest BCUT2D eigenvalue weighted by atomic mass is 10.2. The number of carbonyl (C=O) groups is 2. The van der Waals surface area contributed by atoms with Crippen molar-refractivity contribution < 1.29 is 37.0 Å². The van der Waals surface area contributed by atoms with Gasteiger partial charge in [-0.3, -0.25) is 4.79 Å². The van der Waals surface area contributed by atoms with E-state index < -0.39 is 28.5 Å². The largest absolute Gasteiger partial charge is 0.497 e. The zero-order chi connectivity index (χ0) is 24.6. The lowest BCUT2D eigenvalue weighted by Crippen LogP contribution is -2.40. The molecule has 10 nitrogen and oxygen atoms in total. The van der Waals surface area contributed by atoms with Crippen molar-refractivity contribution in [1.82, 2.24) is 4.31 Å². The van der Waals surface area contributed by atoms with Gasteiger partial charge in [-0.15, -0.1) is 0 Å². The summed E-state index contributed by atoms with van der Waals surface area (Å²) in [6.07, 6.45) is 2.63. The molecule has 0 unspecified atom stereocenters. The van der Waals surface area contributed by atoms with Gasteiger partial charge < -0.3 is 24.3 Å². The Kier molecular flexibility index (Phi) is 8.63. The number of amides is 1. The first kappa shape index (κ1) is 25.2. The topological polar surface area (TPSA) is 120 Å². The molecule has 3 rings (SSSR count). The number of sulfonamides is 1. The van der Waals surface area contributed by atoms with Gasteiger partial charge in [-0.05, 0) is 35.9 Å². The third-order valence-electron chi connectivity index (χ3n) is 4.93. The Balaban J connectivity index is 1.52. The Morgan fingerprint density at radius 3 is 2.41 bits per heavy atom. The maximum atomic E-state index is 12.6. The second-order valence-corrected chi connectivity index (χ2v) is 9.08. The normalized spacial score (nSPS) is 14.5. The fraction of sp³-hybridized carbons (Fsp3) is 0.304. The zero-order valence-electron chi connectivity index (χ0n) is 18.9. The number of nitrogens with one attached hydrogen (secondary N) is 1. The molecule has 1 N–H and O–H groups in total. The summed E-state index contributed by atoms with van der Waals surface area (Å²) in [6, 6.07) is 11.0. The highest BCUT2D eigenvalue weighted by atomic mass is 32.2. The van der Waals surface area contributed by atoms with Gasteiger partial charge in [-0.2, -0.15) is 4.31 Å². The number of ether oxygens (including phenoxy) is 4. The van der Waals surface area contributed by atoms with E-state index in [9.17, 15) is 18.0 Å².